The standard InChI is InChI=1S/C35H57N3O11/c1-4-44-22-26(2)23-45-24-27-7-10-29(11-8-27)34-31(39)20-37(35(40)47-16-6-17-49-38(41)42)21-33(34)48-25-28-9-12-32-30(19-28)36(14-18-46-32)13-5-15-43-3/h7-8,10-11,26,28,30-34,39H,4-6,9,12-25H2,1-3H3. The highest BCUT2D eigenvalue weighted by molar-refractivity contribution is 5.68. The lowest BCUT2D eigenvalue weighted by molar-refractivity contribution is -0.757. The van der Waals surface area contributed by atoms with Crippen LogP contribution in [0.2, 0.25) is 0 Å². The van der Waals surface area contributed by atoms with Crippen LogP contribution < -0.4 is 0 Å². The van der Waals surface area contributed by atoms with Crippen molar-refractivity contribution in [2.75, 3.05) is 86.1 Å². The summed E-state index contributed by atoms with van der Waals surface area (Å²) in [5, 5.41) is 21.0. The fourth-order valence-electron chi connectivity index (χ4n) is 7.13. The summed E-state index contributed by atoms with van der Waals surface area (Å²) < 4.78 is 34.8. The molecule has 0 bridgehead atoms. The van der Waals surface area contributed by atoms with E-state index in [1.165, 1.54) is 4.90 Å². The molecule has 1 aromatic carbocycles. The molecule has 0 spiro atoms. The Morgan fingerprint density at radius 3 is 2.65 bits per heavy atom. The number of rotatable bonds is 20. The third kappa shape index (κ3) is 12.6. The zero-order valence-corrected chi connectivity index (χ0v) is 29.5. The van der Waals surface area contributed by atoms with Crippen LogP contribution in [-0.4, -0.2) is 137 Å². The minimum absolute atomic E-state index is 0.0320. The molecule has 1 aliphatic carbocycles. The number of hydrogen-bond acceptors (Lipinski definition) is 12. The molecular weight excluding hydrogens is 638 g/mol. The maximum Gasteiger partial charge on any atom is 0.409 e. The molecule has 278 valence electrons. The number of β-amino-alcohol motifs (C(OH)–C–C–N with tert-alkyl or cyclic N) is 1. The largest absolute Gasteiger partial charge is 0.449 e. The smallest absolute Gasteiger partial charge is 0.409 e. The van der Waals surface area contributed by atoms with E-state index in [1.807, 2.05) is 31.2 Å². The molecule has 49 heavy (non-hydrogen) atoms. The number of hydrogen-bond donors (Lipinski definition) is 1. The van der Waals surface area contributed by atoms with Crippen molar-refractivity contribution in [1.82, 2.24) is 9.80 Å². The van der Waals surface area contributed by atoms with E-state index in [0.29, 0.717) is 50.9 Å². The van der Waals surface area contributed by atoms with E-state index in [0.717, 1.165) is 63.1 Å². The first kappa shape index (κ1) is 39.2. The van der Waals surface area contributed by atoms with E-state index < -0.39 is 23.4 Å². The van der Waals surface area contributed by atoms with Gasteiger partial charge in [-0.1, -0.05) is 31.2 Å². The zero-order valence-electron chi connectivity index (χ0n) is 29.5. The lowest BCUT2D eigenvalue weighted by Crippen LogP contribution is -2.55. The van der Waals surface area contributed by atoms with Gasteiger partial charge in [-0.3, -0.25) is 4.90 Å². The molecule has 1 amide bonds. The van der Waals surface area contributed by atoms with Gasteiger partial charge in [0.15, 0.2) is 0 Å². The fourth-order valence-corrected chi connectivity index (χ4v) is 7.13. The van der Waals surface area contributed by atoms with Gasteiger partial charge in [0.2, 0.25) is 0 Å². The number of amides is 1. The zero-order chi connectivity index (χ0) is 35.0. The summed E-state index contributed by atoms with van der Waals surface area (Å²) in [6.07, 6.45) is 2.38. The van der Waals surface area contributed by atoms with Gasteiger partial charge in [-0.05, 0) is 49.7 Å². The first-order chi connectivity index (χ1) is 23.8. The van der Waals surface area contributed by atoms with Gasteiger partial charge < -0.3 is 43.3 Å². The quantitative estimate of drug-likeness (QED) is 0.120. The van der Waals surface area contributed by atoms with E-state index in [2.05, 4.69) is 16.7 Å². The predicted molar refractivity (Wildman–Crippen MR) is 180 cm³/mol. The third-order valence-electron chi connectivity index (χ3n) is 9.62. The summed E-state index contributed by atoms with van der Waals surface area (Å²) in [4.78, 5) is 31.7. The number of aliphatic hydroxyl groups is 1. The first-order valence-corrected chi connectivity index (χ1v) is 17.9. The highest BCUT2D eigenvalue weighted by atomic mass is 16.9. The van der Waals surface area contributed by atoms with Crippen molar-refractivity contribution >= 4 is 6.09 Å². The average Bonchev–Trinajstić information content (AvgIpc) is 3.10. The van der Waals surface area contributed by atoms with E-state index in [9.17, 15) is 20.0 Å². The van der Waals surface area contributed by atoms with Crippen molar-refractivity contribution in [3.8, 4) is 0 Å². The second kappa shape index (κ2) is 20.9. The molecule has 7 unspecified atom stereocenters. The Balaban J connectivity index is 1.39. The van der Waals surface area contributed by atoms with Crippen molar-refractivity contribution in [2.24, 2.45) is 11.8 Å². The number of likely N-dealkylation sites (tertiary alicyclic amines) is 1. The normalized spacial score (nSPS) is 26.6. The Labute approximate surface area is 290 Å². The Morgan fingerprint density at radius 1 is 1.10 bits per heavy atom. The molecule has 2 heterocycles. The van der Waals surface area contributed by atoms with Gasteiger partial charge in [-0.2, -0.15) is 0 Å². The molecule has 14 heteroatoms. The minimum Gasteiger partial charge on any atom is -0.449 e. The molecular formula is C35H57N3O11. The first-order valence-electron chi connectivity index (χ1n) is 17.9. The maximum absolute atomic E-state index is 13.0. The number of fused-ring (bicyclic) bond motifs is 1. The van der Waals surface area contributed by atoms with Crippen molar-refractivity contribution in [3.05, 3.63) is 45.5 Å². The lowest BCUT2D eigenvalue weighted by atomic mass is 9.82. The van der Waals surface area contributed by atoms with Gasteiger partial charge >= 0.3 is 6.09 Å². The maximum atomic E-state index is 13.0. The number of carbonyl (C=O) groups excluding carboxylic acids is 1. The van der Waals surface area contributed by atoms with Crippen LogP contribution in [0.5, 0.6) is 0 Å². The Kier molecular flexibility index (Phi) is 16.7. The SMILES string of the molecule is CCOCC(C)COCc1ccc(C2C(O)CN(C(=O)OCCCO[N+](=O)[O-])CC2OCC2CCC3OCCN(CCCOC)C3C2)cc1. The van der Waals surface area contributed by atoms with Crippen LogP contribution in [0.3, 0.4) is 0 Å². The number of aliphatic hydroxyl groups excluding tert-OH is 1. The molecule has 2 aliphatic heterocycles. The Morgan fingerprint density at radius 2 is 1.90 bits per heavy atom. The van der Waals surface area contributed by atoms with Crippen molar-refractivity contribution < 1.29 is 48.2 Å². The molecule has 0 radical (unpaired) electrons. The van der Waals surface area contributed by atoms with Crippen LogP contribution in [0.1, 0.15) is 63.0 Å². The van der Waals surface area contributed by atoms with Gasteiger partial charge in [0.05, 0.1) is 71.0 Å². The summed E-state index contributed by atoms with van der Waals surface area (Å²) >= 11 is 0. The predicted octanol–water partition coefficient (Wildman–Crippen LogP) is 3.66. The van der Waals surface area contributed by atoms with Crippen molar-refractivity contribution in [3.63, 3.8) is 0 Å². The van der Waals surface area contributed by atoms with E-state index in [1.54, 1.807) is 7.11 Å². The lowest BCUT2D eigenvalue weighted by Gasteiger charge is -2.46. The van der Waals surface area contributed by atoms with Crippen LogP contribution in [0.4, 0.5) is 4.79 Å². The molecule has 0 aromatic heterocycles. The molecule has 14 nitrogen and oxygen atoms in total. The van der Waals surface area contributed by atoms with Gasteiger partial charge in [-0.15, -0.1) is 10.1 Å². The number of morpholine rings is 1. The summed E-state index contributed by atoms with van der Waals surface area (Å²) in [5.74, 6) is 0.274. The molecule has 7 atom stereocenters. The van der Waals surface area contributed by atoms with E-state index in [-0.39, 0.29) is 44.7 Å². The fraction of sp³-hybridized carbons (Fsp3) is 0.800. The summed E-state index contributed by atoms with van der Waals surface area (Å²) in [6.45, 7) is 10.5. The molecule has 3 fully saturated rings. The van der Waals surface area contributed by atoms with Gasteiger partial charge in [-0.25, -0.2) is 4.79 Å². The average molecular weight is 696 g/mol. The molecule has 1 N–H and O–H groups in total. The van der Waals surface area contributed by atoms with Gasteiger partial charge in [0.1, 0.15) is 0 Å². The Bertz CT molecular complexity index is 1110. The van der Waals surface area contributed by atoms with Crippen molar-refractivity contribution in [2.45, 2.75) is 82.8 Å². The molecule has 1 aromatic rings. The summed E-state index contributed by atoms with van der Waals surface area (Å²) in [5.41, 5.74) is 1.97. The van der Waals surface area contributed by atoms with E-state index >= 15 is 0 Å². The summed E-state index contributed by atoms with van der Waals surface area (Å²) in [6, 6.07) is 8.39. The molecule has 3 aliphatic rings. The van der Waals surface area contributed by atoms with E-state index in [4.69, 9.17) is 28.4 Å². The molecule has 4 rings (SSSR count). The number of methoxy groups -OCH3 is 1. The molecule has 2 saturated heterocycles. The monoisotopic (exact) mass is 695 g/mol. The van der Waals surface area contributed by atoms with Crippen LogP contribution in [-0.2, 0) is 39.9 Å². The number of nitrogens with zero attached hydrogens (tertiary/aromatic N) is 3. The van der Waals surface area contributed by atoms with Gasteiger partial charge in [0, 0.05) is 64.3 Å². The van der Waals surface area contributed by atoms with Gasteiger partial charge in [0.25, 0.3) is 5.09 Å². The number of carbonyl (C=O) groups is 1. The minimum atomic E-state index is -0.885. The topological polar surface area (TPSA) is 152 Å². The van der Waals surface area contributed by atoms with Crippen LogP contribution >= 0.6 is 0 Å². The Hall–Kier alpha value is -2.59. The number of piperidine rings is 1. The molecule has 1 saturated carbocycles. The van der Waals surface area contributed by atoms with Crippen molar-refractivity contribution in [1.29, 1.82) is 0 Å². The highest BCUT2D eigenvalue weighted by Crippen LogP contribution is 2.36. The van der Waals surface area contributed by atoms with Crippen LogP contribution in [0.15, 0.2) is 24.3 Å². The highest BCUT2D eigenvalue weighted by Gasteiger charge is 2.42. The number of ether oxygens (including phenoxy) is 6. The number of benzene rings is 1. The van der Waals surface area contributed by atoms with Crippen LogP contribution in [0, 0.1) is 22.0 Å². The second-order valence-electron chi connectivity index (χ2n) is 13.5. The second-order valence-corrected chi connectivity index (χ2v) is 13.5. The summed E-state index contributed by atoms with van der Waals surface area (Å²) in [7, 11) is 1.73. The van der Waals surface area contributed by atoms with Crippen LogP contribution in [0.25, 0.3) is 0 Å². The third-order valence-corrected chi connectivity index (χ3v) is 9.62.